The van der Waals surface area contributed by atoms with Crippen LogP contribution in [0.5, 0.6) is 5.75 Å². The minimum Gasteiger partial charge on any atom is -0.496 e. The third-order valence-corrected chi connectivity index (χ3v) is 10.2. The monoisotopic (exact) mass is 609 g/mol. The number of ether oxygens (including phenoxy) is 2. The Bertz CT molecular complexity index is 1470. The summed E-state index contributed by atoms with van der Waals surface area (Å²) in [5, 5.41) is 2.54. The molecule has 0 saturated heterocycles. The van der Waals surface area contributed by atoms with Gasteiger partial charge in [0.15, 0.2) is 0 Å². The summed E-state index contributed by atoms with van der Waals surface area (Å²) in [6, 6.07) is 19.3. The Kier molecular flexibility index (Phi) is 9.72. The molecule has 1 aromatic heterocycles. The molecule has 2 aromatic carbocycles. The Morgan fingerprint density at radius 1 is 0.867 bits per heavy atom. The molecule has 238 valence electrons. The number of aromatic nitrogens is 1. The molecule has 3 fully saturated rings. The first-order chi connectivity index (χ1) is 21.9. The molecule has 6 rings (SSSR count). The van der Waals surface area contributed by atoms with E-state index in [0.29, 0.717) is 30.6 Å². The zero-order valence-electron chi connectivity index (χ0n) is 27.0. The summed E-state index contributed by atoms with van der Waals surface area (Å²) >= 11 is 0. The summed E-state index contributed by atoms with van der Waals surface area (Å²) < 4.78 is 11.0. The number of nitrogens with zero attached hydrogens (tertiary/aromatic N) is 2. The largest absolute Gasteiger partial charge is 0.496 e. The van der Waals surface area contributed by atoms with Crippen LogP contribution in [0.3, 0.4) is 0 Å². The first-order valence-electron chi connectivity index (χ1n) is 16.8. The van der Waals surface area contributed by atoms with Crippen molar-refractivity contribution in [1.82, 2.24) is 10.3 Å². The van der Waals surface area contributed by atoms with Gasteiger partial charge in [-0.2, -0.15) is 0 Å². The highest BCUT2D eigenvalue weighted by molar-refractivity contribution is 5.95. The van der Waals surface area contributed by atoms with Crippen molar-refractivity contribution in [3.8, 4) is 16.9 Å². The number of benzene rings is 2. The number of amides is 2. The van der Waals surface area contributed by atoms with E-state index in [1.54, 1.807) is 14.2 Å². The van der Waals surface area contributed by atoms with Crippen LogP contribution in [-0.4, -0.2) is 43.8 Å². The van der Waals surface area contributed by atoms with Gasteiger partial charge in [-0.3, -0.25) is 9.78 Å². The molecule has 45 heavy (non-hydrogen) atoms. The van der Waals surface area contributed by atoms with Crippen molar-refractivity contribution in [1.29, 1.82) is 0 Å². The molecule has 0 aliphatic heterocycles. The lowest BCUT2D eigenvalue weighted by molar-refractivity contribution is -0.124. The lowest BCUT2D eigenvalue weighted by atomic mass is 9.78. The van der Waals surface area contributed by atoms with Crippen molar-refractivity contribution in [2.45, 2.75) is 89.1 Å². The third kappa shape index (κ3) is 7.51. The molecular weight excluding hydrogens is 562 g/mol. The number of rotatable bonds is 9. The van der Waals surface area contributed by atoms with E-state index in [-0.39, 0.29) is 17.9 Å². The van der Waals surface area contributed by atoms with E-state index in [4.69, 9.17) is 14.5 Å². The maximum Gasteiger partial charge on any atom is 0.407 e. The van der Waals surface area contributed by atoms with E-state index in [1.807, 2.05) is 6.20 Å². The Morgan fingerprint density at radius 2 is 1.62 bits per heavy atom. The van der Waals surface area contributed by atoms with E-state index >= 15 is 0 Å². The Hall–Kier alpha value is -3.87. The number of pyridine rings is 1. The first kappa shape index (κ1) is 31.1. The van der Waals surface area contributed by atoms with Gasteiger partial charge in [0.2, 0.25) is 5.91 Å². The van der Waals surface area contributed by atoms with Crippen molar-refractivity contribution in [2.75, 3.05) is 25.6 Å². The topological polar surface area (TPSA) is 80.8 Å². The molecule has 7 nitrogen and oxygen atoms in total. The number of hydrogen-bond donors (Lipinski definition) is 1. The average Bonchev–Trinajstić information content (AvgIpc) is 3.94. The third-order valence-electron chi connectivity index (χ3n) is 10.2. The van der Waals surface area contributed by atoms with Gasteiger partial charge in [-0.25, -0.2) is 4.79 Å². The van der Waals surface area contributed by atoms with Crippen LogP contribution in [0, 0.1) is 18.8 Å². The van der Waals surface area contributed by atoms with E-state index in [1.165, 1.54) is 29.7 Å². The minimum absolute atomic E-state index is 0.0729. The van der Waals surface area contributed by atoms with Gasteiger partial charge >= 0.3 is 6.09 Å². The van der Waals surface area contributed by atoms with Crippen LogP contribution in [0.4, 0.5) is 10.5 Å². The Labute approximate surface area is 267 Å². The number of carbonyl (C=O) groups is 2. The van der Waals surface area contributed by atoms with Gasteiger partial charge in [0, 0.05) is 48.6 Å². The van der Waals surface area contributed by atoms with Gasteiger partial charge in [0.05, 0.1) is 7.11 Å². The van der Waals surface area contributed by atoms with Gasteiger partial charge in [0.1, 0.15) is 11.9 Å². The molecule has 1 N–H and O–H groups in total. The molecule has 1 heterocycles. The molecule has 0 unspecified atom stereocenters. The summed E-state index contributed by atoms with van der Waals surface area (Å²) in [4.78, 5) is 32.9. The molecule has 2 amide bonds. The fourth-order valence-electron chi connectivity index (χ4n) is 7.32. The predicted molar refractivity (Wildman–Crippen MR) is 178 cm³/mol. The first-order valence-corrected chi connectivity index (χ1v) is 16.8. The smallest absolute Gasteiger partial charge is 0.407 e. The van der Waals surface area contributed by atoms with Gasteiger partial charge in [-0.1, -0.05) is 30.3 Å². The van der Waals surface area contributed by atoms with Crippen molar-refractivity contribution in [3.63, 3.8) is 0 Å². The van der Waals surface area contributed by atoms with Crippen molar-refractivity contribution in [3.05, 3.63) is 77.6 Å². The fourth-order valence-corrected chi connectivity index (χ4v) is 7.32. The van der Waals surface area contributed by atoms with Gasteiger partial charge in [-0.15, -0.1) is 0 Å². The van der Waals surface area contributed by atoms with Crippen LogP contribution in [0.15, 0.2) is 60.8 Å². The number of anilines is 1. The lowest BCUT2D eigenvalue weighted by Crippen LogP contribution is -2.42. The van der Waals surface area contributed by atoms with E-state index in [0.717, 1.165) is 67.6 Å². The van der Waals surface area contributed by atoms with Crippen LogP contribution < -0.4 is 15.0 Å². The number of carbonyl (C=O) groups excluding carboxylic acids is 2. The summed E-state index contributed by atoms with van der Waals surface area (Å²) in [5.41, 5.74) is 6.88. The Balaban J connectivity index is 1.18. The number of hydrogen-bond acceptors (Lipinski definition) is 5. The molecule has 3 aromatic rings. The zero-order chi connectivity index (χ0) is 31.3. The number of nitrogens with one attached hydrogen (secondary N) is 1. The van der Waals surface area contributed by atoms with Gasteiger partial charge < -0.3 is 19.7 Å². The van der Waals surface area contributed by atoms with Gasteiger partial charge in [-0.05, 0) is 124 Å². The van der Waals surface area contributed by atoms with Crippen LogP contribution in [0.25, 0.3) is 11.1 Å². The summed E-state index contributed by atoms with van der Waals surface area (Å²) in [5.74, 6) is 2.67. The summed E-state index contributed by atoms with van der Waals surface area (Å²) in [7, 11) is 3.30. The maximum atomic E-state index is 14.3. The highest BCUT2D eigenvalue weighted by atomic mass is 16.6. The molecule has 0 bridgehead atoms. The van der Waals surface area contributed by atoms with Crippen molar-refractivity contribution in [2.24, 2.45) is 11.8 Å². The van der Waals surface area contributed by atoms with Crippen LogP contribution >= 0.6 is 0 Å². The standard InChI is InChI=1S/C38H47N3O4/c1-25-21-31(16-20-36(25)44-3)27-9-7-26(8-10-27)24-41(37(42)29-13-17-34(18-14-29)45-38(43)39-2)33-6-4-5-30(22-33)32-15-19-35(40-23-32)28-11-12-28/h4-6,15-16,19-23,26-29,34H,7-14,17-18,24H2,1-3H3,(H,39,43)/t26-,27-,29-,34-. The predicted octanol–water partition coefficient (Wildman–Crippen LogP) is 8.16. The molecule has 3 aliphatic carbocycles. The van der Waals surface area contributed by atoms with E-state index < -0.39 is 6.09 Å². The van der Waals surface area contributed by atoms with Crippen molar-refractivity contribution < 1.29 is 19.1 Å². The van der Waals surface area contributed by atoms with Crippen LogP contribution in [-0.2, 0) is 9.53 Å². The normalized spacial score (nSPS) is 23.2. The molecule has 3 aliphatic rings. The molecule has 0 atom stereocenters. The maximum absolute atomic E-state index is 14.3. The van der Waals surface area contributed by atoms with Crippen molar-refractivity contribution >= 4 is 17.7 Å². The summed E-state index contributed by atoms with van der Waals surface area (Å²) in [6.07, 6.45) is 11.2. The molecular formula is C38H47N3O4. The second-order valence-electron chi connectivity index (χ2n) is 13.3. The zero-order valence-corrected chi connectivity index (χ0v) is 27.0. The van der Waals surface area contributed by atoms with Crippen LogP contribution in [0.2, 0.25) is 0 Å². The fraction of sp³-hybridized carbons (Fsp3) is 0.500. The molecule has 7 heteroatoms. The molecule has 0 radical (unpaired) electrons. The molecule has 3 saturated carbocycles. The average molecular weight is 610 g/mol. The SMILES string of the molecule is CNC(=O)O[C@H]1CC[C@H](C(=O)N(C[C@H]2CC[C@H](c3ccc(OC)c(C)c3)CC2)c2cccc(-c3ccc(C4CC4)nc3)c2)CC1. The van der Waals surface area contributed by atoms with E-state index in [9.17, 15) is 9.59 Å². The second kappa shape index (κ2) is 14.1. The minimum atomic E-state index is -0.400. The number of aryl methyl sites for hydroxylation is 1. The summed E-state index contributed by atoms with van der Waals surface area (Å²) in [6.45, 7) is 2.84. The van der Waals surface area contributed by atoms with E-state index in [2.05, 4.69) is 71.7 Å². The quantitative estimate of drug-likeness (QED) is 0.265. The highest BCUT2D eigenvalue weighted by Gasteiger charge is 2.34. The van der Waals surface area contributed by atoms with Gasteiger partial charge in [0.25, 0.3) is 0 Å². The second-order valence-corrected chi connectivity index (χ2v) is 13.3. The Morgan fingerprint density at radius 3 is 2.27 bits per heavy atom. The number of alkyl carbamates (subject to hydrolysis) is 1. The van der Waals surface area contributed by atoms with Crippen LogP contribution in [0.1, 0.15) is 92.9 Å². The number of methoxy groups -OCH3 is 1. The molecule has 0 spiro atoms. The lowest BCUT2D eigenvalue weighted by Gasteiger charge is -2.36. The highest BCUT2D eigenvalue weighted by Crippen LogP contribution is 2.41.